The molecule has 0 aliphatic carbocycles. The number of nitrogens with two attached hydrogens (primary N) is 2. The Hall–Kier alpha value is -1.38. The molecule has 0 spiro atoms. The number of likely N-dealkylation sites (N-methyl/N-ethyl adjacent to an activating group) is 1. The van der Waals surface area contributed by atoms with Crippen LogP contribution in [-0.2, 0) is 4.79 Å². The number of guanidine groups is 1. The maximum absolute atomic E-state index is 11.8. The lowest BCUT2D eigenvalue weighted by Crippen LogP contribution is -2.41. The van der Waals surface area contributed by atoms with Gasteiger partial charge in [-0.05, 0) is 25.7 Å². The summed E-state index contributed by atoms with van der Waals surface area (Å²) < 4.78 is 0. The summed E-state index contributed by atoms with van der Waals surface area (Å²) in [5.74, 6) is 6.23. The van der Waals surface area contributed by atoms with E-state index in [0.717, 1.165) is 51.3 Å². The van der Waals surface area contributed by atoms with E-state index in [0.29, 0.717) is 19.5 Å². The number of aliphatic imine (C=N–C) groups is 1. The zero-order chi connectivity index (χ0) is 17.8. The summed E-state index contributed by atoms with van der Waals surface area (Å²) in [4.78, 5) is 20.7. The highest BCUT2D eigenvalue weighted by Gasteiger charge is 2.21. The Morgan fingerprint density at radius 1 is 1.21 bits per heavy atom. The van der Waals surface area contributed by atoms with Crippen molar-refractivity contribution in [2.75, 3.05) is 46.8 Å². The number of nitrogens with one attached hydrogen (secondary N) is 2. The van der Waals surface area contributed by atoms with Gasteiger partial charge in [-0.2, -0.15) is 0 Å². The van der Waals surface area contributed by atoms with Crippen molar-refractivity contribution >= 4 is 11.9 Å². The van der Waals surface area contributed by atoms with E-state index in [1.807, 2.05) is 7.05 Å². The molecule has 1 unspecified atom stereocenters. The van der Waals surface area contributed by atoms with Gasteiger partial charge in [-0.1, -0.05) is 12.8 Å². The van der Waals surface area contributed by atoms with Crippen LogP contribution in [0.25, 0.3) is 0 Å². The minimum absolute atomic E-state index is 0.0593. The highest BCUT2D eigenvalue weighted by atomic mass is 16.2. The van der Waals surface area contributed by atoms with E-state index in [1.165, 1.54) is 6.42 Å². The van der Waals surface area contributed by atoms with Gasteiger partial charge < -0.3 is 20.9 Å². The number of unbranched alkanes of at least 4 members (excludes halogenated alkanes) is 3. The second kappa shape index (κ2) is 12.0. The van der Waals surface area contributed by atoms with Gasteiger partial charge in [0, 0.05) is 46.8 Å². The van der Waals surface area contributed by atoms with Crippen LogP contribution in [0.5, 0.6) is 0 Å². The van der Waals surface area contributed by atoms with Gasteiger partial charge in [-0.3, -0.25) is 21.1 Å². The van der Waals surface area contributed by atoms with Gasteiger partial charge >= 0.3 is 0 Å². The Kier molecular flexibility index (Phi) is 10.4. The van der Waals surface area contributed by atoms with Gasteiger partial charge in [-0.25, -0.2) is 0 Å². The van der Waals surface area contributed by atoms with Gasteiger partial charge in [-0.15, -0.1) is 0 Å². The third-order valence-corrected chi connectivity index (χ3v) is 4.36. The molecule has 1 fully saturated rings. The Bertz CT molecular complexity index is 389. The molecule has 140 valence electrons. The third-order valence-electron chi connectivity index (χ3n) is 4.36. The van der Waals surface area contributed by atoms with Crippen molar-refractivity contribution in [2.24, 2.45) is 16.6 Å². The molecule has 1 atom stereocenters. The van der Waals surface area contributed by atoms with Crippen molar-refractivity contribution < 1.29 is 4.79 Å². The SMILES string of the molecule is CN=C1N(C)CCN1CCCCCCNC(=O)C(N)CCCNN. The maximum atomic E-state index is 11.8. The number of nitrogens with zero attached hydrogens (tertiary/aromatic N) is 3. The normalized spacial score (nSPS) is 17.6. The minimum atomic E-state index is -0.433. The second-order valence-corrected chi connectivity index (χ2v) is 6.34. The summed E-state index contributed by atoms with van der Waals surface area (Å²) >= 11 is 0. The standard InChI is InChI=1S/C16H35N7O/c1-19-16-22(2)12-13-23(16)11-6-4-3-5-9-20-15(24)14(17)8-7-10-21-18/h14,21H,3-13,17-18H2,1-2H3,(H,20,24). The highest BCUT2D eigenvalue weighted by molar-refractivity contribution is 5.81. The van der Waals surface area contributed by atoms with Crippen LogP contribution in [0.1, 0.15) is 38.5 Å². The summed E-state index contributed by atoms with van der Waals surface area (Å²) in [6, 6.07) is -0.433. The van der Waals surface area contributed by atoms with Gasteiger partial charge in [0.15, 0.2) is 5.96 Å². The fraction of sp³-hybridized carbons (Fsp3) is 0.875. The van der Waals surface area contributed by atoms with Crippen LogP contribution in [0.3, 0.4) is 0 Å². The average Bonchev–Trinajstić information content (AvgIpc) is 2.93. The Labute approximate surface area is 146 Å². The highest BCUT2D eigenvalue weighted by Crippen LogP contribution is 2.09. The summed E-state index contributed by atoms with van der Waals surface area (Å²) in [5.41, 5.74) is 8.39. The molecule has 0 aromatic carbocycles. The summed E-state index contributed by atoms with van der Waals surface area (Å²) in [7, 11) is 3.94. The predicted octanol–water partition coefficient (Wildman–Crippen LogP) is -0.533. The van der Waals surface area contributed by atoms with Crippen LogP contribution in [-0.4, -0.2) is 74.5 Å². The molecule has 8 heteroatoms. The zero-order valence-corrected chi connectivity index (χ0v) is 15.3. The third kappa shape index (κ3) is 7.46. The lowest BCUT2D eigenvalue weighted by molar-refractivity contribution is -0.122. The van der Waals surface area contributed by atoms with Crippen molar-refractivity contribution in [1.29, 1.82) is 0 Å². The molecule has 1 heterocycles. The van der Waals surface area contributed by atoms with Crippen LogP contribution in [0.4, 0.5) is 0 Å². The largest absolute Gasteiger partial charge is 0.355 e. The molecule has 1 aliphatic rings. The summed E-state index contributed by atoms with van der Waals surface area (Å²) in [5, 5.41) is 2.91. The first-order chi connectivity index (χ1) is 11.6. The Morgan fingerprint density at radius 3 is 2.67 bits per heavy atom. The molecule has 24 heavy (non-hydrogen) atoms. The van der Waals surface area contributed by atoms with E-state index in [-0.39, 0.29) is 5.91 Å². The predicted molar refractivity (Wildman–Crippen MR) is 98.4 cm³/mol. The van der Waals surface area contributed by atoms with Gasteiger partial charge in [0.2, 0.25) is 5.91 Å². The number of rotatable bonds is 12. The number of carbonyl (C=O) groups is 1. The van der Waals surface area contributed by atoms with E-state index >= 15 is 0 Å². The summed E-state index contributed by atoms with van der Waals surface area (Å²) in [6.45, 7) is 4.56. The molecule has 0 radical (unpaired) electrons. The zero-order valence-electron chi connectivity index (χ0n) is 15.3. The first kappa shape index (κ1) is 20.7. The Morgan fingerprint density at radius 2 is 1.96 bits per heavy atom. The van der Waals surface area contributed by atoms with Crippen LogP contribution in [0, 0.1) is 0 Å². The van der Waals surface area contributed by atoms with E-state index in [4.69, 9.17) is 11.6 Å². The van der Waals surface area contributed by atoms with E-state index in [2.05, 4.69) is 32.6 Å². The van der Waals surface area contributed by atoms with Gasteiger partial charge in [0.25, 0.3) is 0 Å². The van der Waals surface area contributed by atoms with Crippen LogP contribution in [0.2, 0.25) is 0 Å². The van der Waals surface area contributed by atoms with Crippen molar-refractivity contribution in [3.05, 3.63) is 0 Å². The lowest BCUT2D eigenvalue weighted by atomic mass is 10.1. The molecular weight excluding hydrogens is 306 g/mol. The van der Waals surface area contributed by atoms with E-state index in [1.54, 1.807) is 0 Å². The van der Waals surface area contributed by atoms with Crippen LogP contribution < -0.4 is 22.3 Å². The fourth-order valence-corrected chi connectivity index (χ4v) is 2.92. The van der Waals surface area contributed by atoms with Crippen molar-refractivity contribution in [1.82, 2.24) is 20.5 Å². The lowest BCUT2D eigenvalue weighted by Gasteiger charge is -2.20. The number of hydrazine groups is 1. The van der Waals surface area contributed by atoms with Crippen LogP contribution in [0.15, 0.2) is 4.99 Å². The van der Waals surface area contributed by atoms with Gasteiger partial charge in [0.05, 0.1) is 6.04 Å². The average molecular weight is 342 g/mol. The number of carbonyl (C=O) groups excluding carboxylic acids is 1. The maximum Gasteiger partial charge on any atom is 0.236 e. The molecule has 0 aromatic rings. The Balaban J connectivity index is 1.99. The molecule has 1 rings (SSSR count). The quantitative estimate of drug-likeness (QED) is 0.216. The molecule has 1 saturated heterocycles. The number of hydrogen-bond acceptors (Lipinski definition) is 5. The van der Waals surface area contributed by atoms with Crippen molar-refractivity contribution in [3.8, 4) is 0 Å². The molecule has 1 aliphatic heterocycles. The topological polar surface area (TPSA) is 112 Å². The van der Waals surface area contributed by atoms with Crippen molar-refractivity contribution in [3.63, 3.8) is 0 Å². The molecule has 6 N–H and O–H groups in total. The van der Waals surface area contributed by atoms with E-state index in [9.17, 15) is 4.79 Å². The first-order valence-electron chi connectivity index (χ1n) is 8.99. The molecule has 0 bridgehead atoms. The van der Waals surface area contributed by atoms with Crippen LogP contribution >= 0.6 is 0 Å². The molecule has 1 amide bonds. The second-order valence-electron chi connectivity index (χ2n) is 6.34. The minimum Gasteiger partial charge on any atom is -0.355 e. The van der Waals surface area contributed by atoms with Gasteiger partial charge in [0.1, 0.15) is 0 Å². The van der Waals surface area contributed by atoms with E-state index < -0.39 is 6.04 Å². The number of amides is 1. The van der Waals surface area contributed by atoms with Crippen molar-refractivity contribution in [2.45, 2.75) is 44.6 Å². The fourth-order valence-electron chi connectivity index (χ4n) is 2.92. The molecule has 0 saturated carbocycles. The number of hydrogen-bond donors (Lipinski definition) is 4. The molecule has 0 aromatic heterocycles. The first-order valence-corrected chi connectivity index (χ1v) is 8.99. The molecule has 8 nitrogen and oxygen atoms in total. The smallest absolute Gasteiger partial charge is 0.236 e. The monoisotopic (exact) mass is 341 g/mol. The summed E-state index contributed by atoms with van der Waals surface area (Å²) in [6.07, 6.45) is 5.90. The molecular formula is C16H35N7O.